The minimum Gasteiger partial charge on any atom is -0.497 e. The van der Waals surface area contributed by atoms with Crippen LogP contribution in [0.5, 0.6) is 5.75 Å². The topological polar surface area (TPSA) is 98.8 Å². The molecule has 3 amide bonds. The fourth-order valence-corrected chi connectivity index (χ4v) is 3.92. The van der Waals surface area contributed by atoms with Crippen molar-refractivity contribution in [2.45, 2.75) is 37.6 Å². The maximum absolute atomic E-state index is 13.2. The summed E-state index contributed by atoms with van der Waals surface area (Å²) in [7, 11) is 1.50. The Morgan fingerprint density at radius 3 is 2.88 bits per heavy atom. The zero-order chi connectivity index (χ0) is 23.0. The largest absolute Gasteiger partial charge is 0.497 e. The van der Waals surface area contributed by atoms with Crippen molar-refractivity contribution in [3.05, 3.63) is 42.0 Å². The second-order valence-corrected chi connectivity index (χ2v) is 7.76. The van der Waals surface area contributed by atoms with Crippen molar-refractivity contribution in [3.8, 4) is 5.75 Å². The molecule has 3 aliphatic heterocycles. The number of hydrogen-bond donors (Lipinski definition) is 3. The number of dihydropyridines is 1. The number of amides is 3. The summed E-state index contributed by atoms with van der Waals surface area (Å²) in [6, 6.07) is -0.453. The molecular formula is C20H23F3N6O3. The predicted molar refractivity (Wildman–Crippen MR) is 108 cm³/mol. The second kappa shape index (κ2) is 8.24. The van der Waals surface area contributed by atoms with Crippen molar-refractivity contribution in [3.63, 3.8) is 0 Å². The van der Waals surface area contributed by atoms with Gasteiger partial charge in [0.15, 0.2) is 0 Å². The van der Waals surface area contributed by atoms with Crippen LogP contribution in [0.4, 0.5) is 23.8 Å². The molecule has 3 atom stereocenters. The van der Waals surface area contributed by atoms with Crippen LogP contribution in [0.2, 0.25) is 0 Å². The molecule has 1 aromatic heterocycles. The Balaban J connectivity index is 1.54. The highest BCUT2D eigenvalue weighted by molar-refractivity contribution is 5.91. The molecule has 0 aliphatic carbocycles. The number of aromatic nitrogens is 1. The summed E-state index contributed by atoms with van der Waals surface area (Å²) in [6.45, 7) is 2.22. The maximum Gasteiger partial charge on any atom is 0.408 e. The zero-order valence-electron chi connectivity index (χ0n) is 17.4. The Morgan fingerprint density at radius 1 is 1.38 bits per heavy atom. The van der Waals surface area contributed by atoms with Crippen LogP contribution in [0.25, 0.3) is 0 Å². The number of allylic oxidation sites excluding steroid dienone is 1. The number of ether oxygens (including phenoxy) is 1. The van der Waals surface area contributed by atoms with Crippen LogP contribution in [0.3, 0.4) is 0 Å². The number of alkyl halides is 3. The quantitative estimate of drug-likeness (QED) is 0.644. The number of pyridine rings is 1. The molecule has 172 valence electrons. The molecule has 9 nitrogen and oxygen atoms in total. The third kappa shape index (κ3) is 4.16. The fourth-order valence-electron chi connectivity index (χ4n) is 3.92. The van der Waals surface area contributed by atoms with Gasteiger partial charge < -0.3 is 20.3 Å². The third-order valence-electron chi connectivity index (χ3n) is 5.64. The minimum atomic E-state index is -4.55. The highest BCUT2D eigenvalue weighted by Gasteiger charge is 2.43. The smallest absolute Gasteiger partial charge is 0.408 e. The van der Waals surface area contributed by atoms with E-state index in [1.165, 1.54) is 24.3 Å². The van der Waals surface area contributed by atoms with Gasteiger partial charge in [0.05, 0.1) is 18.8 Å². The lowest BCUT2D eigenvalue weighted by atomic mass is 10.1. The number of hydrogen-bond acceptors (Lipinski definition) is 6. The third-order valence-corrected chi connectivity index (χ3v) is 5.64. The van der Waals surface area contributed by atoms with Gasteiger partial charge in [-0.3, -0.25) is 15.0 Å². The van der Waals surface area contributed by atoms with Gasteiger partial charge >= 0.3 is 12.2 Å². The molecule has 0 aromatic carbocycles. The number of halogens is 3. The molecule has 1 unspecified atom stereocenters. The Morgan fingerprint density at radius 2 is 2.16 bits per heavy atom. The molecule has 0 radical (unpaired) electrons. The number of urea groups is 1. The molecule has 4 heterocycles. The first-order valence-electron chi connectivity index (χ1n) is 10.1. The van der Waals surface area contributed by atoms with E-state index in [9.17, 15) is 22.8 Å². The van der Waals surface area contributed by atoms with E-state index in [1.54, 1.807) is 18.2 Å². The number of anilines is 1. The number of nitrogens with one attached hydrogen (secondary N) is 3. The summed E-state index contributed by atoms with van der Waals surface area (Å²) < 4.78 is 43.7. The van der Waals surface area contributed by atoms with Crippen LogP contribution in [-0.2, 0) is 4.79 Å². The van der Waals surface area contributed by atoms with Crippen LogP contribution >= 0.6 is 0 Å². The minimum absolute atomic E-state index is 0.156. The van der Waals surface area contributed by atoms with Crippen LogP contribution in [0.1, 0.15) is 13.3 Å². The number of methoxy groups -OCH3 is 1. The molecule has 32 heavy (non-hydrogen) atoms. The number of fused-ring (bicyclic) bond motifs is 3. The number of carbonyl (C=O) groups excluding carboxylic acids is 2. The van der Waals surface area contributed by atoms with Gasteiger partial charge in [-0.1, -0.05) is 6.08 Å². The van der Waals surface area contributed by atoms with E-state index in [1.807, 2.05) is 5.32 Å². The molecular weight excluding hydrogens is 429 g/mol. The molecule has 2 bridgehead atoms. The molecule has 0 spiro atoms. The zero-order valence-corrected chi connectivity index (χ0v) is 17.4. The van der Waals surface area contributed by atoms with Crippen LogP contribution in [0, 0.1) is 0 Å². The molecule has 1 saturated heterocycles. The molecule has 3 N–H and O–H groups in total. The van der Waals surface area contributed by atoms with Gasteiger partial charge in [-0.05, 0) is 25.5 Å². The van der Waals surface area contributed by atoms with Crippen molar-refractivity contribution >= 4 is 17.8 Å². The summed E-state index contributed by atoms with van der Waals surface area (Å²) in [5.74, 6) is 0.355. The van der Waals surface area contributed by atoms with E-state index in [0.717, 1.165) is 13.5 Å². The first-order chi connectivity index (χ1) is 15.2. The van der Waals surface area contributed by atoms with E-state index in [-0.39, 0.29) is 11.9 Å². The van der Waals surface area contributed by atoms with E-state index < -0.39 is 30.2 Å². The number of carbonyl (C=O) groups is 2. The van der Waals surface area contributed by atoms with Crippen LogP contribution in [0.15, 0.2) is 42.0 Å². The van der Waals surface area contributed by atoms with Crippen molar-refractivity contribution in [2.75, 3.05) is 25.5 Å². The fraction of sp³-hybridized carbons (Fsp3) is 0.450. The maximum atomic E-state index is 13.2. The first-order valence-corrected chi connectivity index (χ1v) is 10.1. The number of rotatable bonds is 4. The van der Waals surface area contributed by atoms with Gasteiger partial charge in [0.25, 0.3) is 0 Å². The molecule has 3 aliphatic rings. The lowest BCUT2D eigenvalue weighted by molar-refractivity contribution is -0.158. The SMILES string of the molecule is COc1ccnc(NC(=O)N2C3=C(C=CC(C(=O)N[C@H](C)C(F)(F)F)N3)N3CC[C@H]2C3)c1. The van der Waals surface area contributed by atoms with Gasteiger partial charge in [-0.15, -0.1) is 0 Å². The van der Waals surface area contributed by atoms with Gasteiger partial charge in [-0.2, -0.15) is 13.2 Å². The molecule has 12 heteroatoms. The normalized spacial score (nSPS) is 22.8. The van der Waals surface area contributed by atoms with E-state index >= 15 is 0 Å². The average Bonchev–Trinajstić information content (AvgIpc) is 3.17. The van der Waals surface area contributed by atoms with Gasteiger partial charge in [0, 0.05) is 25.4 Å². The van der Waals surface area contributed by atoms with E-state index in [2.05, 4.69) is 20.5 Å². The monoisotopic (exact) mass is 452 g/mol. The molecule has 1 aromatic rings. The lowest BCUT2D eigenvalue weighted by Crippen LogP contribution is -2.57. The Labute approximate surface area is 182 Å². The summed E-state index contributed by atoms with van der Waals surface area (Å²) in [4.78, 5) is 33.3. The molecule has 1 fully saturated rings. The Kier molecular flexibility index (Phi) is 5.61. The van der Waals surface area contributed by atoms with Crippen molar-refractivity contribution in [2.24, 2.45) is 0 Å². The molecule has 4 rings (SSSR count). The van der Waals surface area contributed by atoms with Crippen LogP contribution in [-0.4, -0.2) is 71.2 Å². The summed E-state index contributed by atoms with van der Waals surface area (Å²) >= 11 is 0. The van der Waals surface area contributed by atoms with Crippen molar-refractivity contribution in [1.82, 2.24) is 25.4 Å². The standard InChI is InChI=1S/C20H23F3N6O3/c1-11(20(21,22)23)25-18(30)14-3-4-15-17(26-14)29(12-6-8-28(15)10-12)19(31)27-16-9-13(32-2)5-7-24-16/h3-5,7,9,11-12,14,26H,6,8,10H2,1-2H3,(H,25,30)(H,24,27,31)/t11-,12+,14?/m1/s1. The Hall–Kier alpha value is -3.44. The van der Waals surface area contributed by atoms with E-state index in [0.29, 0.717) is 30.2 Å². The van der Waals surface area contributed by atoms with Crippen molar-refractivity contribution < 1.29 is 27.5 Å². The lowest BCUT2D eigenvalue weighted by Gasteiger charge is -2.41. The van der Waals surface area contributed by atoms with Crippen LogP contribution < -0.4 is 20.7 Å². The highest BCUT2D eigenvalue weighted by Crippen LogP contribution is 2.33. The number of nitrogens with zero attached hydrogens (tertiary/aromatic N) is 3. The Bertz CT molecular complexity index is 980. The van der Waals surface area contributed by atoms with E-state index in [4.69, 9.17) is 4.74 Å². The highest BCUT2D eigenvalue weighted by atomic mass is 19.4. The molecule has 0 saturated carbocycles. The summed E-state index contributed by atoms with van der Waals surface area (Å²) in [5, 5.41) is 7.63. The predicted octanol–water partition coefficient (Wildman–Crippen LogP) is 1.78. The van der Waals surface area contributed by atoms with Crippen molar-refractivity contribution in [1.29, 1.82) is 0 Å². The van der Waals surface area contributed by atoms with Gasteiger partial charge in [0.1, 0.15) is 29.5 Å². The summed E-state index contributed by atoms with van der Waals surface area (Å²) in [6.07, 6.45) is 0.819. The summed E-state index contributed by atoms with van der Waals surface area (Å²) in [5.41, 5.74) is 0.709. The first kappa shape index (κ1) is 21.8. The second-order valence-electron chi connectivity index (χ2n) is 7.76. The average molecular weight is 452 g/mol. The van der Waals surface area contributed by atoms with Gasteiger partial charge in [0.2, 0.25) is 5.91 Å². The van der Waals surface area contributed by atoms with Gasteiger partial charge in [-0.25, -0.2) is 9.78 Å².